The predicted octanol–water partition coefficient (Wildman–Crippen LogP) is 1.65. The molecule has 0 fully saturated rings. The summed E-state index contributed by atoms with van der Waals surface area (Å²) in [6.45, 7) is 0. The standard InChI is InChI=1S/C14H16N2O4S/c1-19-12-4-3-10(7-13(12)20-2)9-21(17,18)14-5-6-16-8-11(14)15/h3-8H,9,15H2,1-2H3. The van der Waals surface area contributed by atoms with Gasteiger partial charge in [-0.2, -0.15) is 0 Å². The molecule has 0 radical (unpaired) electrons. The van der Waals surface area contributed by atoms with Crippen molar-refractivity contribution < 1.29 is 17.9 Å². The lowest BCUT2D eigenvalue weighted by atomic mass is 10.2. The SMILES string of the molecule is COc1ccc(CS(=O)(=O)c2ccncc2N)cc1OC. The number of methoxy groups -OCH3 is 2. The van der Waals surface area contributed by atoms with Crippen LogP contribution in [0.1, 0.15) is 5.56 Å². The number of hydrogen-bond donors (Lipinski definition) is 1. The topological polar surface area (TPSA) is 91.5 Å². The molecular weight excluding hydrogens is 292 g/mol. The molecule has 7 heteroatoms. The summed E-state index contributed by atoms with van der Waals surface area (Å²) >= 11 is 0. The van der Waals surface area contributed by atoms with Crippen LogP contribution in [-0.2, 0) is 15.6 Å². The van der Waals surface area contributed by atoms with Gasteiger partial charge in [-0.05, 0) is 23.8 Å². The third-order valence-corrected chi connectivity index (χ3v) is 4.71. The second-order valence-electron chi connectivity index (χ2n) is 4.36. The van der Waals surface area contributed by atoms with Gasteiger partial charge in [-0.3, -0.25) is 4.98 Å². The molecule has 0 spiro atoms. The second-order valence-corrected chi connectivity index (χ2v) is 6.32. The van der Waals surface area contributed by atoms with Crippen LogP contribution < -0.4 is 15.2 Å². The van der Waals surface area contributed by atoms with E-state index in [2.05, 4.69) is 4.98 Å². The number of aromatic nitrogens is 1. The van der Waals surface area contributed by atoms with E-state index >= 15 is 0 Å². The summed E-state index contributed by atoms with van der Waals surface area (Å²) < 4.78 is 35.1. The molecule has 6 nitrogen and oxygen atoms in total. The van der Waals surface area contributed by atoms with Gasteiger partial charge in [0.25, 0.3) is 0 Å². The van der Waals surface area contributed by atoms with Gasteiger partial charge in [0.05, 0.1) is 36.8 Å². The van der Waals surface area contributed by atoms with Crippen LogP contribution in [0, 0.1) is 0 Å². The molecule has 1 aromatic carbocycles. The van der Waals surface area contributed by atoms with Gasteiger partial charge in [0.15, 0.2) is 21.3 Å². The van der Waals surface area contributed by atoms with E-state index in [0.717, 1.165) is 0 Å². The van der Waals surface area contributed by atoms with Crippen molar-refractivity contribution >= 4 is 15.5 Å². The maximum atomic E-state index is 12.4. The molecule has 21 heavy (non-hydrogen) atoms. The number of ether oxygens (including phenoxy) is 2. The van der Waals surface area contributed by atoms with Crippen LogP contribution in [0.25, 0.3) is 0 Å². The maximum Gasteiger partial charge on any atom is 0.184 e. The van der Waals surface area contributed by atoms with Gasteiger partial charge >= 0.3 is 0 Å². The largest absolute Gasteiger partial charge is 0.493 e. The number of nitrogens with two attached hydrogens (primary N) is 1. The minimum absolute atomic E-state index is 0.0762. The molecule has 2 rings (SSSR count). The minimum Gasteiger partial charge on any atom is -0.493 e. The zero-order chi connectivity index (χ0) is 15.5. The number of benzene rings is 1. The Hall–Kier alpha value is -2.28. The number of rotatable bonds is 5. The Morgan fingerprint density at radius 1 is 1.14 bits per heavy atom. The Morgan fingerprint density at radius 3 is 2.48 bits per heavy atom. The maximum absolute atomic E-state index is 12.4. The van der Waals surface area contributed by atoms with E-state index in [-0.39, 0.29) is 16.3 Å². The zero-order valence-electron chi connectivity index (χ0n) is 11.7. The quantitative estimate of drug-likeness (QED) is 0.903. The molecule has 0 saturated carbocycles. The van der Waals surface area contributed by atoms with Gasteiger partial charge in [-0.15, -0.1) is 0 Å². The predicted molar refractivity (Wildman–Crippen MR) is 79.1 cm³/mol. The van der Waals surface area contributed by atoms with Gasteiger partial charge in [-0.1, -0.05) is 6.07 Å². The van der Waals surface area contributed by atoms with Crippen molar-refractivity contribution in [3.63, 3.8) is 0 Å². The molecule has 0 aliphatic heterocycles. The number of hydrogen-bond acceptors (Lipinski definition) is 6. The van der Waals surface area contributed by atoms with Crippen LogP contribution in [0.3, 0.4) is 0 Å². The first kappa shape index (κ1) is 15.1. The zero-order valence-corrected chi connectivity index (χ0v) is 12.6. The Balaban J connectivity index is 2.35. The van der Waals surface area contributed by atoms with Crippen LogP contribution in [0.4, 0.5) is 5.69 Å². The van der Waals surface area contributed by atoms with E-state index in [1.165, 1.54) is 32.7 Å². The fourth-order valence-corrected chi connectivity index (χ4v) is 3.40. The monoisotopic (exact) mass is 308 g/mol. The smallest absolute Gasteiger partial charge is 0.184 e. The van der Waals surface area contributed by atoms with Crippen LogP contribution in [0.5, 0.6) is 11.5 Å². The Labute approximate surface area is 123 Å². The number of anilines is 1. The molecule has 112 valence electrons. The summed E-state index contributed by atoms with van der Waals surface area (Å²) in [7, 11) is -0.533. The van der Waals surface area contributed by atoms with Crippen molar-refractivity contribution in [2.75, 3.05) is 20.0 Å². The van der Waals surface area contributed by atoms with E-state index in [9.17, 15) is 8.42 Å². The average Bonchev–Trinajstić information content (AvgIpc) is 2.47. The highest BCUT2D eigenvalue weighted by molar-refractivity contribution is 7.90. The minimum atomic E-state index is -3.55. The van der Waals surface area contributed by atoms with Crippen molar-refractivity contribution in [1.82, 2.24) is 4.98 Å². The first-order valence-corrected chi connectivity index (χ1v) is 7.76. The molecule has 2 N–H and O–H groups in total. The molecule has 0 amide bonds. The lowest BCUT2D eigenvalue weighted by Crippen LogP contribution is -2.08. The van der Waals surface area contributed by atoms with Gasteiger partial charge in [0.2, 0.25) is 0 Å². The summed E-state index contributed by atoms with van der Waals surface area (Å²) in [5.74, 6) is 0.844. The average molecular weight is 308 g/mol. The lowest BCUT2D eigenvalue weighted by Gasteiger charge is -2.10. The summed E-state index contributed by atoms with van der Waals surface area (Å²) in [6, 6.07) is 6.37. The van der Waals surface area contributed by atoms with Crippen molar-refractivity contribution in [3.05, 3.63) is 42.2 Å². The van der Waals surface area contributed by atoms with Crippen molar-refractivity contribution in [2.24, 2.45) is 0 Å². The first-order valence-electron chi connectivity index (χ1n) is 6.11. The Kier molecular flexibility index (Phi) is 4.32. The van der Waals surface area contributed by atoms with Gasteiger partial charge in [-0.25, -0.2) is 8.42 Å². The van der Waals surface area contributed by atoms with Crippen LogP contribution in [0.15, 0.2) is 41.6 Å². The number of sulfone groups is 1. The Morgan fingerprint density at radius 2 is 1.86 bits per heavy atom. The molecule has 0 bridgehead atoms. The van der Waals surface area contributed by atoms with Crippen molar-refractivity contribution in [3.8, 4) is 11.5 Å². The highest BCUT2D eigenvalue weighted by Gasteiger charge is 2.19. The molecule has 1 aromatic heterocycles. The van der Waals surface area contributed by atoms with Crippen molar-refractivity contribution in [2.45, 2.75) is 10.6 Å². The third-order valence-electron chi connectivity index (χ3n) is 2.95. The summed E-state index contributed by atoms with van der Waals surface area (Å²) in [5, 5.41) is 0. The molecule has 1 heterocycles. The second kappa shape index (κ2) is 6.01. The number of pyridine rings is 1. The van der Waals surface area contributed by atoms with E-state index in [4.69, 9.17) is 15.2 Å². The highest BCUT2D eigenvalue weighted by atomic mass is 32.2. The third kappa shape index (κ3) is 3.25. The van der Waals surface area contributed by atoms with E-state index in [1.807, 2.05) is 0 Å². The van der Waals surface area contributed by atoms with Crippen LogP contribution in [0.2, 0.25) is 0 Å². The van der Waals surface area contributed by atoms with E-state index < -0.39 is 9.84 Å². The summed E-state index contributed by atoms with van der Waals surface area (Å²) in [5.41, 5.74) is 6.40. The normalized spacial score (nSPS) is 11.1. The van der Waals surface area contributed by atoms with Gasteiger partial charge in [0, 0.05) is 6.20 Å². The van der Waals surface area contributed by atoms with Crippen LogP contribution in [-0.4, -0.2) is 27.6 Å². The van der Waals surface area contributed by atoms with Gasteiger partial charge in [0.1, 0.15) is 0 Å². The molecule has 0 aliphatic rings. The number of nitrogens with zero attached hydrogens (tertiary/aromatic N) is 1. The number of nitrogen functional groups attached to an aromatic ring is 1. The fourth-order valence-electron chi connectivity index (χ4n) is 1.94. The lowest BCUT2D eigenvalue weighted by molar-refractivity contribution is 0.354. The Bertz CT molecular complexity index is 744. The first-order chi connectivity index (χ1) is 9.97. The molecule has 0 unspecified atom stereocenters. The molecule has 0 saturated heterocycles. The summed E-state index contributed by atoms with van der Waals surface area (Å²) in [6.07, 6.45) is 2.72. The molecule has 0 aliphatic carbocycles. The van der Waals surface area contributed by atoms with Crippen LogP contribution >= 0.6 is 0 Å². The summed E-state index contributed by atoms with van der Waals surface area (Å²) in [4.78, 5) is 3.87. The fraction of sp³-hybridized carbons (Fsp3) is 0.214. The van der Waals surface area contributed by atoms with E-state index in [0.29, 0.717) is 17.1 Å². The van der Waals surface area contributed by atoms with Gasteiger partial charge < -0.3 is 15.2 Å². The molecule has 2 aromatic rings. The van der Waals surface area contributed by atoms with E-state index in [1.54, 1.807) is 18.2 Å². The van der Waals surface area contributed by atoms with Crippen molar-refractivity contribution in [1.29, 1.82) is 0 Å². The molecular formula is C14H16N2O4S. The highest BCUT2D eigenvalue weighted by Crippen LogP contribution is 2.29. The molecule has 0 atom stereocenters.